The molecule has 2 aromatic rings. The van der Waals surface area contributed by atoms with Gasteiger partial charge in [-0.2, -0.15) is 0 Å². The number of likely N-dealkylation sites (tertiary alicyclic amines) is 1. The summed E-state index contributed by atoms with van der Waals surface area (Å²) < 4.78 is 18.4. The van der Waals surface area contributed by atoms with Gasteiger partial charge in [0, 0.05) is 24.7 Å². The Balaban J connectivity index is 1.45. The van der Waals surface area contributed by atoms with Crippen LogP contribution in [-0.4, -0.2) is 42.6 Å². The van der Waals surface area contributed by atoms with E-state index in [4.69, 9.17) is 4.74 Å². The van der Waals surface area contributed by atoms with Gasteiger partial charge in [0.1, 0.15) is 11.6 Å². The summed E-state index contributed by atoms with van der Waals surface area (Å²) in [5, 5.41) is 3.33. The lowest BCUT2D eigenvalue weighted by atomic mass is 9.91. The molecule has 0 aliphatic carbocycles. The zero-order valence-electron chi connectivity index (χ0n) is 16.5. The Morgan fingerprint density at radius 1 is 1.21 bits per heavy atom. The molecule has 4 nitrogen and oxygen atoms in total. The molecule has 2 aliphatic heterocycles. The highest BCUT2D eigenvalue weighted by Crippen LogP contribution is 2.33. The molecule has 0 radical (unpaired) electrons. The van der Waals surface area contributed by atoms with Crippen LogP contribution in [0.2, 0.25) is 0 Å². The SMILES string of the molecule is COc1ccc2c(c1)C(=O)N[C@]1(CC2)CCN([C@@H](C)Cc2ccc(F)cc2)C1. The van der Waals surface area contributed by atoms with Crippen molar-refractivity contribution < 1.29 is 13.9 Å². The molecule has 0 bridgehead atoms. The predicted molar refractivity (Wildman–Crippen MR) is 107 cm³/mol. The lowest BCUT2D eigenvalue weighted by Crippen LogP contribution is -2.50. The van der Waals surface area contributed by atoms with E-state index >= 15 is 0 Å². The first-order valence-corrected chi connectivity index (χ1v) is 9.96. The van der Waals surface area contributed by atoms with Crippen LogP contribution in [0.5, 0.6) is 5.75 Å². The fraction of sp³-hybridized carbons (Fsp3) is 0.435. The van der Waals surface area contributed by atoms with Crippen LogP contribution in [0.1, 0.15) is 41.3 Å². The summed E-state index contributed by atoms with van der Waals surface area (Å²) in [5.74, 6) is 0.513. The molecule has 2 atom stereocenters. The highest BCUT2D eigenvalue weighted by molar-refractivity contribution is 5.97. The maximum absolute atomic E-state index is 13.1. The minimum absolute atomic E-state index is 0.000521. The average molecular weight is 382 g/mol. The fourth-order valence-corrected chi connectivity index (χ4v) is 4.53. The quantitative estimate of drug-likeness (QED) is 0.879. The molecule has 148 valence electrons. The molecule has 0 saturated carbocycles. The zero-order valence-corrected chi connectivity index (χ0v) is 16.5. The van der Waals surface area contributed by atoms with Crippen molar-refractivity contribution in [1.29, 1.82) is 0 Å². The highest BCUT2D eigenvalue weighted by Gasteiger charge is 2.42. The van der Waals surface area contributed by atoms with Gasteiger partial charge in [0.2, 0.25) is 0 Å². The fourth-order valence-electron chi connectivity index (χ4n) is 4.53. The second-order valence-corrected chi connectivity index (χ2v) is 8.16. The number of benzene rings is 2. The van der Waals surface area contributed by atoms with E-state index in [0.717, 1.165) is 55.5 Å². The molecule has 1 fully saturated rings. The van der Waals surface area contributed by atoms with Crippen molar-refractivity contribution in [3.05, 3.63) is 65.0 Å². The topological polar surface area (TPSA) is 41.6 Å². The van der Waals surface area contributed by atoms with Gasteiger partial charge in [-0.1, -0.05) is 18.2 Å². The van der Waals surface area contributed by atoms with Crippen molar-refractivity contribution in [3.63, 3.8) is 0 Å². The maximum Gasteiger partial charge on any atom is 0.252 e. The number of ether oxygens (including phenoxy) is 1. The van der Waals surface area contributed by atoms with Gasteiger partial charge in [0.05, 0.1) is 12.6 Å². The van der Waals surface area contributed by atoms with Crippen LogP contribution in [-0.2, 0) is 12.8 Å². The van der Waals surface area contributed by atoms with Gasteiger partial charge in [0.15, 0.2) is 0 Å². The van der Waals surface area contributed by atoms with Crippen molar-refractivity contribution in [3.8, 4) is 5.75 Å². The molecule has 0 aromatic heterocycles. The second kappa shape index (κ2) is 7.55. The van der Waals surface area contributed by atoms with E-state index in [1.807, 2.05) is 30.3 Å². The van der Waals surface area contributed by atoms with E-state index in [1.165, 1.54) is 12.1 Å². The zero-order chi connectivity index (χ0) is 19.7. The number of carbonyl (C=O) groups excluding carboxylic acids is 1. The van der Waals surface area contributed by atoms with E-state index in [9.17, 15) is 9.18 Å². The average Bonchev–Trinajstić information content (AvgIpc) is 3.06. The molecule has 28 heavy (non-hydrogen) atoms. The van der Waals surface area contributed by atoms with Crippen molar-refractivity contribution in [2.24, 2.45) is 0 Å². The van der Waals surface area contributed by atoms with Crippen molar-refractivity contribution in [1.82, 2.24) is 10.2 Å². The Labute approximate surface area is 165 Å². The third kappa shape index (κ3) is 3.76. The van der Waals surface area contributed by atoms with E-state index in [2.05, 4.69) is 17.1 Å². The normalized spacial score (nSPS) is 23.2. The molecule has 0 unspecified atom stereocenters. The minimum Gasteiger partial charge on any atom is -0.497 e. The molecule has 2 aromatic carbocycles. The van der Waals surface area contributed by atoms with Gasteiger partial charge in [-0.25, -0.2) is 4.39 Å². The van der Waals surface area contributed by atoms with Crippen LogP contribution in [0.3, 0.4) is 0 Å². The van der Waals surface area contributed by atoms with E-state index < -0.39 is 0 Å². The van der Waals surface area contributed by atoms with E-state index in [-0.39, 0.29) is 17.3 Å². The van der Waals surface area contributed by atoms with Crippen molar-refractivity contribution in [2.75, 3.05) is 20.2 Å². The van der Waals surface area contributed by atoms with Crippen LogP contribution in [0, 0.1) is 5.82 Å². The summed E-state index contributed by atoms with van der Waals surface area (Å²) in [5.41, 5.74) is 2.78. The minimum atomic E-state index is -0.200. The highest BCUT2D eigenvalue weighted by atomic mass is 19.1. The molecule has 1 amide bonds. The first kappa shape index (κ1) is 18.9. The van der Waals surface area contributed by atoms with E-state index in [1.54, 1.807) is 7.11 Å². The van der Waals surface area contributed by atoms with E-state index in [0.29, 0.717) is 11.8 Å². The number of methoxy groups -OCH3 is 1. The first-order chi connectivity index (χ1) is 13.5. The monoisotopic (exact) mass is 382 g/mol. The number of fused-ring (bicyclic) bond motifs is 1. The summed E-state index contributed by atoms with van der Waals surface area (Å²) in [7, 11) is 1.62. The van der Waals surface area contributed by atoms with Crippen LogP contribution in [0.15, 0.2) is 42.5 Å². The van der Waals surface area contributed by atoms with Crippen LogP contribution in [0.25, 0.3) is 0 Å². The number of nitrogens with zero attached hydrogens (tertiary/aromatic N) is 1. The van der Waals surface area contributed by atoms with Gasteiger partial charge < -0.3 is 10.1 Å². The predicted octanol–water partition coefficient (Wildman–Crippen LogP) is 3.59. The number of halogens is 1. The molecular weight excluding hydrogens is 355 g/mol. The maximum atomic E-state index is 13.1. The summed E-state index contributed by atoms with van der Waals surface area (Å²) >= 11 is 0. The Bertz CT molecular complexity index is 867. The number of rotatable bonds is 4. The molecule has 1 spiro atoms. The number of nitrogens with one attached hydrogen (secondary N) is 1. The Hall–Kier alpha value is -2.40. The number of aryl methyl sites for hydroxylation is 1. The lowest BCUT2D eigenvalue weighted by Gasteiger charge is -2.31. The standard InChI is InChI=1S/C23H27FN2O2/c1-16(13-17-3-6-19(24)7-4-17)26-12-11-23(15-26)10-9-18-5-8-20(28-2)14-21(18)22(27)25-23/h3-8,14,16H,9-13,15H2,1-2H3,(H,25,27)/t16-,23+/m0/s1. The third-order valence-electron chi connectivity index (χ3n) is 6.26. The second-order valence-electron chi connectivity index (χ2n) is 8.16. The Kier molecular flexibility index (Phi) is 5.11. The summed E-state index contributed by atoms with van der Waals surface area (Å²) in [6.07, 6.45) is 3.66. The summed E-state index contributed by atoms with van der Waals surface area (Å²) in [6.45, 7) is 4.02. The Morgan fingerprint density at radius 2 is 2.00 bits per heavy atom. The molecule has 1 saturated heterocycles. The third-order valence-corrected chi connectivity index (χ3v) is 6.26. The largest absolute Gasteiger partial charge is 0.497 e. The summed E-state index contributed by atoms with van der Waals surface area (Å²) in [4.78, 5) is 15.4. The van der Waals surface area contributed by atoms with Crippen LogP contribution < -0.4 is 10.1 Å². The van der Waals surface area contributed by atoms with Gasteiger partial charge in [0.25, 0.3) is 5.91 Å². The number of carbonyl (C=O) groups is 1. The number of hydrogen-bond acceptors (Lipinski definition) is 3. The van der Waals surface area contributed by atoms with Crippen LogP contribution in [0.4, 0.5) is 4.39 Å². The van der Waals surface area contributed by atoms with Gasteiger partial charge in [-0.15, -0.1) is 0 Å². The summed E-state index contributed by atoms with van der Waals surface area (Å²) in [6, 6.07) is 12.9. The molecular formula is C23H27FN2O2. The van der Waals surface area contributed by atoms with Crippen LogP contribution >= 0.6 is 0 Å². The van der Waals surface area contributed by atoms with Crippen molar-refractivity contribution >= 4 is 5.91 Å². The number of hydrogen-bond donors (Lipinski definition) is 1. The van der Waals surface area contributed by atoms with Gasteiger partial charge in [-0.05, 0) is 68.0 Å². The van der Waals surface area contributed by atoms with Gasteiger partial charge in [-0.3, -0.25) is 9.69 Å². The van der Waals surface area contributed by atoms with Crippen molar-refractivity contribution in [2.45, 2.75) is 44.2 Å². The molecule has 2 heterocycles. The molecule has 5 heteroatoms. The first-order valence-electron chi connectivity index (χ1n) is 9.96. The number of amides is 1. The Morgan fingerprint density at radius 3 is 2.75 bits per heavy atom. The molecule has 1 N–H and O–H groups in total. The lowest BCUT2D eigenvalue weighted by molar-refractivity contribution is 0.0898. The molecule has 4 rings (SSSR count). The molecule has 2 aliphatic rings. The van der Waals surface area contributed by atoms with Gasteiger partial charge >= 0.3 is 0 Å². The smallest absolute Gasteiger partial charge is 0.252 e.